The summed E-state index contributed by atoms with van der Waals surface area (Å²) in [6, 6.07) is 0. The topological polar surface area (TPSA) is 53.1 Å². The number of aryl methyl sites for hydroxylation is 1. The highest BCUT2D eigenvalue weighted by atomic mass is 16.5. The molecule has 1 atom stereocenters. The number of nitrogens with zero attached hydrogens (tertiary/aromatic N) is 2. The summed E-state index contributed by atoms with van der Waals surface area (Å²) in [4.78, 5) is 4.26. The van der Waals surface area contributed by atoms with Crippen molar-refractivity contribution in [3.8, 4) is 0 Å². The van der Waals surface area contributed by atoms with Gasteiger partial charge in [0.25, 0.3) is 0 Å². The molecule has 1 aromatic heterocycles. The number of imidazole rings is 1. The van der Waals surface area contributed by atoms with Crippen LogP contribution in [0, 0.1) is 0 Å². The van der Waals surface area contributed by atoms with Gasteiger partial charge in [0.05, 0.1) is 18.6 Å². The molecular formula is C9H17N3O. The van der Waals surface area contributed by atoms with Gasteiger partial charge in [0.1, 0.15) is 5.82 Å². The maximum absolute atomic E-state index is 5.89. The molecule has 0 aromatic carbocycles. The van der Waals surface area contributed by atoms with Gasteiger partial charge in [-0.1, -0.05) is 6.92 Å². The van der Waals surface area contributed by atoms with Crippen LogP contribution in [0.2, 0.25) is 0 Å². The molecule has 0 aliphatic heterocycles. The molecule has 0 fully saturated rings. The molecule has 4 nitrogen and oxygen atoms in total. The molecule has 1 aromatic rings. The first-order chi connectivity index (χ1) is 6.20. The van der Waals surface area contributed by atoms with E-state index in [1.54, 1.807) is 13.4 Å². The van der Waals surface area contributed by atoms with Crippen LogP contribution >= 0.6 is 0 Å². The zero-order valence-electron chi connectivity index (χ0n) is 8.45. The van der Waals surface area contributed by atoms with Gasteiger partial charge in [-0.2, -0.15) is 0 Å². The number of nitrogens with two attached hydrogens (primary N) is 1. The number of ether oxygens (including phenoxy) is 1. The van der Waals surface area contributed by atoms with Gasteiger partial charge in [-0.25, -0.2) is 4.98 Å². The minimum Gasteiger partial charge on any atom is -0.384 e. The lowest BCUT2D eigenvalue weighted by atomic mass is 10.1. The molecule has 4 heteroatoms. The van der Waals surface area contributed by atoms with E-state index >= 15 is 0 Å². The maximum atomic E-state index is 5.89. The Labute approximate surface area is 78.7 Å². The van der Waals surface area contributed by atoms with Crippen LogP contribution in [0.25, 0.3) is 0 Å². The second-order valence-electron chi connectivity index (χ2n) is 3.16. The molecule has 0 saturated carbocycles. The first kappa shape index (κ1) is 10.1. The molecule has 2 N–H and O–H groups in total. The number of aromatic nitrogens is 2. The molecular weight excluding hydrogens is 166 g/mol. The third-order valence-corrected chi connectivity index (χ3v) is 2.13. The summed E-state index contributed by atoms with van der Waals surface area (Å²) in [6.07, 6.45) is 1.77. The van der Waals surface area contributed by atoms with Crippen molar-refractivity contribution in [1.82, 2.24) is 9.55 Å². The number of rotatable bonds is 4. The van der Waals surface area contributed by atoms with Crippen molar-refractivity contribution in [1.29, 1.82) is 0 Å². The average molecular weight is 183 g/mol. The Balaban J connectivity index is 2.82. The second kappa shape index (κ2) is 4.28. The molecule has 0 saturated heterocycles. The van der Waals surface area contributed by atoms with E-state index in [0.29, 0.717) is 6.61 Å². The lowest BCUT2D eigenvalue weighted by molar-refractivity contribution is 0.183. The fourth-order valence-electron chi connectivity index (χ4n) is 1.37. The Bertz CT molecular complexity index is 270. The van der Waals surface area contributed by atoms with Crippen LogP contribution in [0.15, 0.2) is 6.33 Å². The summed E-state index contributed by atoms with van der Waals surface area (Å²) in [5, 5.41) is 0. The van der Waals surface area contributed by atoms with E-state index in [9.17, 15) is 0 Å². The van der Waals surface area contributed by atoms with Gasteiger partial charge in [-0.3, -0.25) is 0 Å². The molecule has 1 heterocycles. The number of nitrogen functional groups attached to an aromatic ring is 1. The molecule has 0 bridgehead atoms. The van der Waals surface area contributed by atoms with Crippen LogP contribution < -0.4 is 5.73 Å². The predicted octanol–water partition coefficient (Wildman–Crippen LogP) is 1.24. The van der Waals surface area contributed by atoms with Crippen LogP contribution in [0.3, 0.4) is 0 Å². The molecule has 1 unspecified atom stereocenters. The fourth-order valence-corrected chi connectivity index (χ4v) is 1.37. The smallest absolute Gasteiger partial charge is 0.126 e. The lowest BCUT2D eigenvalue weighted by Gasteiger charge is -2.08. The maximum Gasteiger partial charge on any atom is 0.126 e. The number of hydrogen-bond acceptors (Lipinski definition) is 3. The minimum atomic E-state index is 0.262. The Kier molecular flexibility index (Phi) is 3.31. The third-order valence-electron chi connectivity index (χ3n) is 2.13. The average Bonchev–Trinajstić information content (AvgIpc) is 2.47. The van der Waals surface area contributed by atoms with Crippen LogP contribution in [0.4, 0.5) is 5.82 Å². The fraction of sp³-hybridized carbons (Fsp3) is 0.667. The summed E-state index contributed by atoms with van der Waals surface area (Å²) in [5.74, 6) is 1.02. The SMILES string of the molecule is CCn1cnc(C(C)COC)c1N. The monoisotopic (exact) mass is 183 g/mol. The van der Waals surface area contributed by atoms with Crippen LogP contribution in [0.5, 0.6) is 0 Å². The van der Waals surface area contributed by atoms with Gasteiger partial charge in [0.15, 0.2) is 0 Å². The summed E-state index contributed by atoms with van der Waals surface area (Å²) >= 11 is 0. The number of methoxy groups -OCH3 is 1. The first-order valence-electron chi connectivity index (χ1n) is 4.50. The van der Waals surface area contributed by atoms with E-state index in [0.717, 1.165) is 18.1 Å². The largest absolute Gasteiger partial charge is 0.384 e. The van der Waals surface area contributed by atoms with E-state index in [4.69, 9.17) is 10.5 Å². The van der Waals surface area contributed by atoms with Crippen molar-refractivity contribution in [3.63, 3.8) is 0 Å². The molecule has 1 rings (SSSR count). The number of hydrogen-bond donors (Lipinski definition) is 1. The Morgan fingerprint density at radius 1 is 1.69 bits per heavy atom. The second-order valence-corrected chi connectivity index (χ2v) is 3.16. The van der Waals surface area contributed by atoms with Gasteiger partial charge >= 0.3 is 0 Å². The zero-order valence-corrected chi connectivity index (χ0v) is 8.45. The van der Waals surface area contributed by atoms with Crippen molar-refractivity contribution in [2.24, 2.45) is 0 Å². The van der Waals surface area contributed by atoms with E-state index in [1.807, 2.05) is 11.5 Å². The van der Waals surface area contributed by atoms with E-state index < -0.39 is 0 Å². The summed E-state index contributed by atoms with van der Waals surface area (Å²) in [5.41, 5.74) is 6.82. The number of anilines is 1. The predicted molar refractivity (Wildman–Crippen MR) is 52.6 cm³/mol. The van der Waals surface area contributed by atoms with Crippen molar-refractivity contribution >= 4 is 5.82 Å². The first-order valence-corrected chi connectivity index (χ1v) is 4.50. The van der Waals surface area contributed by atoms with E-state index in [1.165, 1.54) is 0 Å². The Morgan fingerprint density at radius 2 is 2.38 bits per heavy atom. The van der Waals surface area contributed by atoms with Gasteiger partial charge in [0.2, 0.25) is 0 Å². The highest BCUT2D eigenvalue weighted by molar-refractivity contribution is 5.38. The quantitative estimate of drug-likeness (QED) is 0.764. The van der Waals surface area contributed by atoms with Crippen LogP contribution in [0.1, 0.15) is 25.5 Å². The highest BCUT2D eigenvalue weighted by Gasteiger charge is 2.13. The van der Waals surface area contributed by atoms with E-state index in [-0.39, 0.29) is 5.92 Å². The molecule has 13 heavy (non-hydrogen) atoms. The summed E-state index contributed by atoms with van der Waals surface area (Å²) < 4.78 is 6.98. The van der Waals surface area contributed by atoms with Crippen molar-refractivity contribution < 1.29 is 4.74 Å². The standard InChI is InChI=1S/C9H17N3O/c1-4-12-6-11-8(9(12)10)7(2)5-13-3/h6-7H,4-5,10H2,1-3H3. The Hall–Kier alpha value is -1.03. The summed E-state index contributed by atoms with van der Waals surface area (Å²) in [6.45, 7) is 5.62. The van der Waals surface area contributed by atoms with Crippen LogP contribution in [-0.4, -0.2) is 23.3 Å². The summed E-state index contributed by atoms with van der Waals surface area (Å²) in [7, 11) is 1.68. The van der Waals surface area contributed by atoms with Gasteiger partial charge in [-0.15, -0.1) is 0 Å². The molecule has 0 amide bonds. The highest BCUT2D eigenvalue weighted by Crippen LogP contribution is 2.20. The van der Waals surface area contributed by atoms with Crippen LogP contribution in [-0.2, 0) is 11.3 Å². The zero-order chi connectivity index (χ0) is 9.84. The molecule has 0 aliphatic carbocycles. The molecule has 0 spiro atoms. The normalized spacial score (nSPS) is 13.2. The van der Waals surface area contributed by atoms with Crippen molar-refractivity contribution in [2.75, 3.05) is 19.5 Å². The van der Waals surface area contributed by atoms with E-state index in [2.05, 4.69) is 11.9 Å². The van der Waals surface area contributed by atoms with Crippen molar-refractivity contribution in [2.45, 2.75) is 26.3 Å². The molecule has 0 aliphatic rings. The third kappa shape index (κ3) is 2.01. The van der Waals surface area contributed by atoms with Gasteiger partial charge in [-0.05, 0) is 6.92 Å². The molecule has 0 radical (unpaired) electrons. The Morgan fingerprint density at radius 3 is 2.85 bits per heavy atom. The molecule has 74 valence electrons. The van der Waals surface area contributed by atoms with Gasteiger partial charge in [0, 0.05) is 19.6 Å². The van der Waals surface area contributed by atoms with Gasteiger partial charge < -0.3 is 15.0 Å². The minimum absolute atomic E-state index is 0.262. The van der Waals surface area contributed by atoms with Crippen molar-refractivity contribution in [3.05, 3.63) is 12.0 Å². The lowest BCUT2D eigenvalue weighted by Crippen LogP contribution is -2.07.